The van der Waals surface area contributed by atoms with Gasteiger partial charge in [0.15, 0.2) is 0 Å². The minimum atomic E-state index is 0.426. The highest BCUT2D eigenvalue weighted by Gasteiger charge is 2.03. The molecule has 0 spiro atoms. The monoisotopic (exact) mass is 313 g/mol. The van der Waals surface area contributed by atoms with Crippen molar-refractivity contribution in [3.8, 4) is 0 Å². The van der Waals surface area contributed by atoms with Crippen molar-refractivity contribution in [1.29, 1.82) is 0 Å². The molecule has 2 aromatic rings. The molecular formula is C12H16BrN3S. The van der Waals surface area contributed by atoms with Crippen LogP contribution in [-0.2, 0) is 13.1 Å². The van der Waals surface area contributed by atoms with Crippen molar-refractivity contribution in [3.05, 3.63) is 38.8 Å². The predicted molar refractivity (Wildman–Crippen MR) is 75.2 cm³/mol. The normalized spacial score (nSPS) is 11.3. The van der Waals surface area contributed by atoms with Crippen molar-refractivity contribution < 1.29 is 0 Å². The number of halogens is 1. The summed E-state index contributed by atoms with van der Waals surface area (Å²) < 4.78 is 3.17. The quantitative estimate of drug-likeness (QED) is 0.914. The van der Waals surface area contributed by atoms with Crippen LogP contribution in [0.1, 0.15) is 30.3 Å². The van der Waals surface area contributed by atoms with E-state index in [4.69, 9.17) is 0 Å². The van der Waals surface area contributed by atoms with Crippen LogP contribution in [0.25, 0.3) is 0 Å². The van der Waals surface area contributed by atoms with Crippen LogP contribution in [0, 0.1) is 0 Å². The largest absolute Gasteiger partial charge is 0.308 e. The fourth-order valence-corrected chi connectivity index (χ4v) is 2.98. The Bertz CT molecular complexity index is 476. The lowest BCUT2D eigenvalue weighted by Crippen LogP contribution is -2.11. The zero-order valence-electron chi connectivity index (χ0n) is 9.98. The number of nitrogens with zero attached hydrogens (tertiary/aromatic N) is 2. The molecule has 0 aliphatic carbocycles. The van der Waals surface area contributed by atoms with Gasteiger partial charge in [-0.25, -0.2) is 0 Å². The average Bonchev–Trinajstić information content (AvgIpc) is 2.89. The van der Waals surface area contributed by atoms with E-state index in [0.29, 0.717) is 6.04 Å². The molecule has 0 aromatic carbocycles. The summed E-state index contributed by atoms with van der Waals surface area (Å²) in [4.78, 5) is 1.33. The Morgan fingerprint density at radius 1 is 1.47 bits per heavy atom. The number of hydrogen-bond donors (Lipinski definition) is 1. The zero-order chi connectivity index (χ0) is 12.3. The summed E-state index contributed by atoms with van der Waals surface area (Å²) >= 11 is 5.29. The van der Waals surface area contributed by atoms with Crippen LogP contribution in [0.2, 0.25) is 0 Å². The van der Waals surface area contributed by atoms with Crippen LogP contribution in [-0.4, -0.2) is 9.78 Å². The summed E-state index contributed by atoms with van der Waals surface area (Å²) in [6, 6.07) is 2.51. The van der Waals surface area contributed by atoms with Gasteiger partial charge in [0.25, 0.3) is 0 Å². The summed E-state index contributed by atoms with van der Waals surface area (Å²) in [6.07, 6.45) is 4.03. The second kappa shape index (κ2) is 5.80. The fourth-order valence-electron chi connectivity index (χ4n) is 1.52. The van der Waals surface area contributed by atoms with Crippen LogP contribution in [0.15, 0.2) is 28.3 Å². The van der Waals surface area contributed by atoms with Gasteiger partial charge < -0.3 is 5.32 Å². The average molecular weight is 314 g/mol. The Morgan fingerprint density at radius 2 is 2.29 bits per heavy atom. The summed E-state index contributed by atoms with van der Waals surface area (Å²) in [5.74, 6) is 0. The van der Waals surface area contributed by atoms with E-state index in [9.17, 15) is 0 Å². The van der Waals surface area contributed by atoms with Crippen molar-refractivity contribution in [3.63, 3.8) is 0 Å². The minimum absolute atomic E-state index is 0.426. The zero-order valence-corrected chi connectivity index (χ0v) is 12.4. The third-order valence-electron chi connectivity index (χ3n) is 2.49. The number of thiophene rings is 1. The molecule has 1 N–H and O–H groups in total. The van der Waals surface area contributed by atoms with E-state index in [1.807, 2.05) is 10.9 Å². The van der Waals surface area contributed by atoms with Crippen molar-refractivity contribution >= 4 is 27.3 Å². The van der Waals surface area contributed by atoms with E-state index in [1.54, 1.807) is 11.3 Å². The molecule has 0 atom stereocenters. The van der Waals surface area contributed by atoms with Gasteiger partial charge in [-0.05, 0) is 41.2 Å². The Balaban J connectivity index is 1.84. The maximum absolute atomic E-state index is 4.32. The SMILES string of the molecule is CC(C)n1cc(CNCc2sccc2Br)cn1. The third-order valence-corrected chi connectivity index (χ3v) is 4.42. The summed E-state index contributed by atoms with van der Waals surface area (Å²) in [6.45, 7) is 6.02. The topological polar surface area (TPSA) is 29.9 Å². The van der Waals surface area contributed by atoms with Crippen LogP contribution < -0.4 is 5.32 Å². The van der Waals surface area contributed by atoms with Crippen LogP contribution in [0.4, 0.5) is 0 Å². The molecule has 2 aromatic heterocycles. The lowest BCUT2D eigenvalue weighted by molar-refractivity contribution is 0.531. The molecule has 3 nitrogen and oxygen atoms in total. The molecule has 92 valence electrons. The molecule has 0 unspecified atom stereocenters. The van der Waals surface area contributed by atoms with E-state index in [2.05, 4.69) is 57.8 Å². The molecule has 0 saturated carbocycles. The van der Waals surface area contributed by atoms with Crippen molar-refractivity contribution in [2.45, 2.75) is 33.0 Å². The highest BCUT2D eigenvalue weighted by Crippen LogP contribution is 2.22. The van der Waals surface area contributed by atoms with Crippen LogP contribution in [0.5, 0.6) is 0 Å². The van der Waals surface area contributed by atoms with Gasteiger partial charge in [0.1, 0.15) is 0 Å². The first kappa shape index (κ1) is 12.8. The summed E-state index contributed by atoms with van der Waals surface area (Å²) in [7, 11) is 0. The van der Waals surface area contributed by atoms with Gasteiger partial charge in [0, 0.05) is 40.2 Å². The molecule has 0 aliphatic rings. The molecule has 0 saturated heterocycles. The molecule has 2 heterocycles. The van der Waals surface area contributed by atoms with Crippen LogP contribution >= 0.6 is 27.3 Å². The van der Waals surface area contributed by atoms with E-state index < -0.39 is 0 Å². The fraction of sp³-hybridized carbons (Fsp3) is 0.417. The van der Waals surface area contributed by atoms with Gasteiger partial charge in [0.05, 0.1) is 6.20 Å². The molecule has 2 rings (SSSR count). The van der Waals surface area contributed by atoms with Gasteiger partial charge in [-0.2, -0.15) is 5.10 Å². The molecule has 0 bridgehead atoms. The van der Waals surface area contributed by atoms with Crippen molar-refractivity contribution in [1.82, 2.24) is 15.1 Å². The Kier molecular flexibility index (Phi) is 4.36. The molecule has 0 aliphatic heterocycles. The Labute approximate surface area is 114 Å². The van der Waals surface area contributed by atoms with Gasteiger partial charge in [-0.3, -0.25) is 4.68 Å². The van der Waals surface area contributed by atoms with E-state index in [0.717, 1.165) is 13.1 Å². The summed E-state index contributed by atoms with van der Waals surface area (Å²) in [5, 5.41) is 9.84. The molecule has 5 heteroatoms. The molecule has 0 fully saturated rings. The number of hydrogen-bond acceptors (Lipinski definition) is 3. The first-order chi connectivity index (χ1) is 8.16. The molecule has 0 radical (unpaired) electrons. The summed E-state index contributed by atoms with van der Waals surface area (Å²) in [5.41, 5.74) is 1.23. The smallest absolute Gasteiger partial charge is 0.0534 e. The first-order valence-electron chi connectivity index (χ1n) is 5.62. The van der Waals surface area contributed by atoms with E-state index >= 15 is 0 Å². The highest BCUT2D eigenvalue weighted by atomic mass is 79.9. The lowest BCUT2D eigenvalue weighted by Gasteiger charge is -2.04. The number of aromatic nitrogens is 2. The standard InChI is InChI=1S/C12H16BrN3S/c1-9(2)16-8-10(6-15-16)5-14-7-12-11(13)3-4-17-12/h3-4,6,8-9,14H,5,7H2,1-2H3. The second-order valence-corrected chi connectivity index (χ2v) is 6.07. The maximum Gasteiger partial charge on any atom is 0.0534 e. The van der Waals surface area contributed by atoms with Crippen LogP contribution in [0.3, 0.4) is 0 Å². The van der Waals surface area contributed by atoms with Gasteiger partial charge >= 0.3 is 0 Å². The lowest BCUT2D eigenvalue weighted by atomic mass is 10.3. The van der Waals surface area contributed by atoms with Gasteiger partial charge in [0.2, 0.25) is 0 Å². The predicted octanol–water partition coefficient (Wildman–Crippen LogP) is 3.58. The first-order valence-corrected chi connectivity index (χ1v) is 7.29. The van der Waals surface area contributed by atoms with Gasteiger partial charge in [-0.15, -0.1) is 11.3 Å². The Morgan fingerprint density at radius 3 is 2.88 bits per heavy atom. The number of nitrogens with one attached hydrogen (secondary N) is 1. The van der Waals surface area contributed by atoms with E-state index in [1.165, 1.54) is 14.9 Å². The van der Waals surface area contributed by atoms with E-state index in [-0.39, 0.29) is 0 Å². The molecule has 17 heavy (non-hydrogen) atoms. The molecule has 0 amide bonds. The molecular weight excluding hydrogens is 298 g/mol. The highest BCUT2D eigenvalue weighted by molar-refractivity contribution is 9.10. The Hall–Kier alpha value is -0.650. The number of rotatable bonds is 5. The van der Waals surface area contributed by atoms with Crippen molar-refractivity contribution in [2.75, 3.05) is 0 Å². The second-order valence-electron chi connectivity index (χ2n) is 4.22. The van der Waals surface area contributed by atoms with Crippen molar-refractivity contribution in [2.24, 2.45) is 0 Å². The van der Waals surface area contributed by atoms with Gasteiger partial charge in [-0.1, -0.05) is 0 Å². The maximum atomic E-state index is 4.32. The minimum Gasteiger partial charge on any atom is -0.308 e. The third kappa shape index (κ3) is 3.40.